The minimum Gasteiger partial charge on any atom is -0.359 e. The number of hydrogen-bond acceptors (Lipinski definition) is 3. The molecule has 106 valence electrons. The Bertz CT molecular complexity index is 470. The first-order chi connectivity index (χ1) is 8.94. The van der Waals surface area contributed by atoms with Crippen molar-refractivity contribution >= 4 is 28.8 Å². The lowest BCUT2D eigenvalue weighted by atomic mass is 9.89. The summed E-state index contributed by atoms with van der Waals surface area (Å²) >= 11 is 7.79. The van der Waals surface area contributed by atoms with Gasteiger partial charge in [-0.25, -0.2) is 0 Å². The summed E-state index contributed by atoms with van der Waals surface area (Å²) in [6, 6.07) is 2.40. The van der Waals surface area contributed by atoms with Crippen molar-refractivity contribution in [1.29, 1.82) is 0 Å². The minimum absolute atomic E-state index is 0.0689. The van der Waals surface area contributed by atoms with Gasteiger partial charge in [0.1, 0.15) is 0 Å². The largest absolute Gasteiger partial charge is 0.359 e. The van der Waals surface area contributed by atoms with E-state index in [4.69, 9.17) is 11.6 Å². The number of carbonyl (C=O) groups is 1. The van der Waals surface area contributed by atoms with Gasteiger partial charge in [-0.3, -0.25) is 4.79 Å². The Hall–Kier alpha value is -0.580. The third kappa shape index (κ3) is 3.30. The van der Waals surface area contributed by atoms with Crippen molar-refractivity contribution in [3.8, 4) is 0 Å². The summed E-state index contributed by atoms with van der Waals surface area (Å²) in [4.78, 5) is 13.2. The summed E-state index contributed by atoms with van der Waals surface area (Å²) in [5.41, 5.74) is 0.931. The molecule has 5 heteroatoms. The van der Waals surface area contributed by atoms with Crippen molar-refractivity contribution in [1.82, 2.24) is 10.6 Å². The molecular formula is C14H21ClN2OS. The predicted octanol–water partition coefficient (Wildman–Crippen LogP) is 3.14. The molecule has 1 amide bonds. The van der Waals surface area contributed by atoms with Crippen LogP contribution in [0.25, 0.3) is 0 Å². The monoisotopic (exact) mass is 300 g/mol. The van der Waals surface area contributed by atoms with E-state index in [9.17, 15) is 4.79 Å². The molecule has 2 rings (SSSR count). The summed E-state index contributed by atoms with van der Waals surface area (Å²) < 4.78 is 0.865. The number of hydrogen-bond donors (Lipinski definition) is 2. The van der Waals surface area contributed by atoms with E-state index in [2.05, 4.69) is 16.7 Å². The molecule has 1 unspecified atom stereocenters. The number of halogens is 1. The second-order valence-corrected chi connectivity index (χ2v) is 7.49. The third-order valence-electron chi connectivity index (χ3n) is 3.72. The number of rotatable bonds is 4. The summed E-state index contributed by atoms with van der Waals surface area (Å²) in [5.74, 6) is 0.0689. The van der Waals surface area contributed by atoms with Crippen LogP contribution in [-0.4, -0.2) is 19.5 Å². The molecule has 0 saturated heterocycles. The minimum atomic E-state index is -0.397. The first kappa shape index (κ1) is 14.8. The molecule has 1 aliphatic rings. The fourth-order valence-electron chi connectivity index (χ4n) is 2.53. The van der Waals surface area contributed by atoms with E-state index in [1.54, 1.807) is 18.4 Å². The van der Waals surface area contributed by atoms with Gasteiger partial charge in [-0.15, -0.1) is 11.3 Å². The van der Waals surface area contributed by atoms with Crippen molar-refractivity contribution < 1.29 is 4.79 Å². The van der Waals surface area contributed by atoms with Gasteiger partial charge in [0, 0.05) is 24.5 Å². The van der Waals surface area contributed by atoms with Gasteiger partial charge in [0.25, 0.3) is 0 Å². The molecular weight excluding hydrogens is 280 g/mol. The van der Waals surface area contributed by atoms with E-state index in [1.807, 2.05) is 13.8 Å². The van der Waals surface area contributed by atoms with Gasteiger partial charge in [0.05, 0.1) is 9.75 Å². The standard InChI is InChI=1S/C14H21ClN2OS/c1-14(2,13(18)16-3)8-17-10-5-4-6-11-9(10)7-12(15)19-11/h7,10,17H,4-6,8H2,1-3H3,(H,16,18). The fraction of sp³-hybridized carbons (Fsp3) is 0.643. The van der Waals surface area contributed by atoms with Crippen LogP contribution in [-0.2, 0) is 11.2 Å². The Morgan fingerprint density at radius 1 is 1.58 bits per heavy atom. The van der Waals surface area contributed by atoms with Gasteiger partial charge in [0.2, 0.25) is 5.91 Å². The van der Waals surface area contributed by atoms with Crippen molar-refractivity contribution in [2.45, 2.75) is 39.2 Å². The lowest BCUT2D eigenvalue weighted by Gasteiger charge is -2.29. The average Bonchev–Trinajstić information content (AvgIpc) is 2.75. The molecule has 0 bridgehead atoms. The summed E-state index contributed by atoms with van der Waals surface area (Å²) in [5, 5.41) is 6.25. The molecule has 1 aromatic heterocycles. The Kier molecular flexibility index (Phi) is 4.54. The highest BCUT2D eigenvalue weighted by Gasteiger charge is 2.29. The molecule has 0 saturated carbocycles. The molecule has 3 nitrogen and oxygen atoms in total. The molecule has 1 aliphatic carbocycles. The average molecular weight is 301 g/mol. The number of amides is 1. The smallest absolute Gasteiger partial charge is 0.226 e. The maximum atomic E-state index is 11.8. The normalized spacial score (nSPS) is 19.1. The van der Waals surface area contributed by atoms with Crippen LogP contribution < -0.4 is 10.6 Å². The SMILES string of the molecule is CNC(=O)C(C)(C)CNC1CCCc2sc(Cl)cc21. The zero-order valence-electron chi connectivity index (χ0n) is 11.7. The summed E-state index contributed by atoms with van der Waals surface area (Å²) in [6.45, 7) is 4.59. The van der Waals surface area contributed by atoms with Crippen molar-refractivity contribution in [2.75, 3.05) is 13.6 Å². The van der Waals surface area contributed by atoms with Gasteiger partial charge in [-0.05, 0) is 44.7 Å². The third-order valence-corrected chi connectivity index (χ3v) is 5.06. The molecule has 1 aromatic rings. The molecule has 1 heterocycles. The first-order valence-corrected chi connectivity index (χ1v) is 7.87. The molecule has 0 radical (unpaired) electrons. The molecule has 0 aromatic carbocycles. The van der Waals surface area contributed by atoms with Crippen LogP contribution in [0.3, 0.4) is 0 Å². The maximum absolute atomic E-state index is 11.8. The van der Waals surface area contributed by atoms with E-state index < -0.39 is 5.41 Å². The maximum Gasteiger partial charge on any atom is 0.226 e. The zero-order chi connectivity index (χ0) is 14.0. The molecule has 0 fully saturated rings. The topological polar surface area (TPSA) is 41.1 Å². The van der Waals surface area contributed by atoms with Crippen LogP contribution in [0.4, 0.5) is 0 Å². The molecule has 0 aliphatic heterocycles. The lowest BCUT2D eigenvalue weighted by Crippen LogP contribution is -2.43. The Labute approximate surface area is 123 Å². The van der Waals surface area contributed by atoms with Gasteiger partial charge in [-0.1, -0.05) is 11.6 Å². The van der Waals surface area contributed by atoms with Gasteiger partial charge in [-0.2, -0.15) is 0 Å². The number of carbonyl (C=O) groups excluding carboxylic acids is 1. The Morgan fingerprint density at radius 3 is 3.00 bits per heavy atom. The van der Waals surface area contributed by atoms with E-state index in [-0.39, 0.29) is 5.91 Å². The van der Waals surface area contributed by atoms with Crippen molar-refractivity contribution in [2.24, 2.45) is 5.41 Å². The second kappa shape index (κ2) is 5.81. The van der Waals surface area contributed by atoms with Crippen LogP contribution in [0, 0.1) is 5.41 Å². The molecule has 19 heavy (non-hydrogen) atoms. The van der Waals surface area contributed by atoms with Gasteiger partial charge in [0.15, 0.2) is 0 Å². The molecule has 2 N–H and O–H groups in total. The number of nitrogens with one attached hydrogen (secondary N) is 2. The lowest BCUT2D eigenvalue weighted by molar-refractivity contribution is -0.128. The first-order valence-electron chi connectivity index (χ1n) is 6.67. The zero-order valence-corrected chi connectivity index (χ0v) is 13.3. The summed E-state index contributed by atoms with van der Waals surface area (Å²) in [7, 11) is 1.68. The number of thiophene rings is 1. The van der Waals surface area contributed by atoms with E-state index in [0.29, 0.717) is 12.6 Å². The predicted molar refractivity (Wildman–Crippen MR) is 80.9 cm³/mol. The van der Waals surface area contributed by atoms with E-state index in [1.165, 1.54) is 16.9 Å². The number of aryl methyl sites for hydroxylation is 1. The highest BCUT2D eigenvalue weighted by molar-refractivity contribution is 7.16. The number of fused-ring (bicyclic) bond motifs is 1. The van der Waals surface area contributed by atoms with Gasteiger partial charge >= 0.3 is 0 Å². The molecule has 1 atom stereocenters. The van der Waals surface area contributed by atoms with Crippen LogP contribution in [0.2, 0.25) is 4.34 Å². The van der Waals surface area contributed by atoms with Crippen LogP contribution >= 0.6 is 22.9 Å². The van der Waals surface area contributed by atoms with Crippen molar-refractivity contribution in [3.05, 3.63) is 20.8 Å². The fourth-order valence-corrected chi connectivity index (χ4v) is 3.91. The summed E-state index contributed by atoms with van der Waals surface area (Å²) in [6.07, 6.45) is 3.43. The van der Waals surface area contributed by atoms with Crippen LogP contribution in [0.15, 0.2) is 6.07 Å². The van der Waals surface area contributed by atoms with Crippen LogP contribution in [0.1, 0.15) is 43.2 Å². The quantitative estimate of drug-likeness (QED) is 0.897. The van der Waals surface area contributed by atoms with Crippen LogP contribution in [0.5, 0.6) is 0 Å². The highest BCUT2D eigenvalue weighted by Crippen LogP contribution is 2.38. The van der Waals surface area contributed by atoms with E-state index in [0.717, 1.165) is 17.2 Å². The van der Waals surface area contributed by atoms with Crippen molar-refractivity contribution in [3.63, 3.8) is 0 Å². The van der Waals surface area contributed by atoms with Gasteiger partial charge < -0.3 is 10.6 Å². The Balaban J connectivity index is 2.03. The highest BCUT2D eigenvalue weighted by atomic mass is 35.5. The second-order valence-electron chi connectivity index (χ2n) is 5.72. The Morgan fingerprint density at radius 2 is 2.32 bits per heavy atom. The molecule has 0 spiro atoms. The van der Waals surface area contributed by atoms with E-state index >= 15 is 0 Å².